The highest BCUT2D eigenvalue weighted by molar-refractivity contribution is 7.91. The monoisotopic (exact) mass is 671 g/mol. The van der Waals surface area contributed by atoms with Gasteiger partial charge in [0.15, 0.2) is 0 Å². The molecule has 46 heavy (non-hydrogen) atoms. The molecule has 0 N–H and O–H groups in total. The quantitative estimate of drug-likeness (QED) is 0.162. The van der Waals surface area contributed by atoms with Crippen LogP contribution >= 0.6 is 22.9 Å². The maximum atomic E-state index is 13.9. The molecule has 2 bridgehead atoms. The van der Waals surface area contributed by atoms with Gasteiger partial charge >= 0.3 is 0 Å². The Bertz CT molecular complexity index is 2000. The predicted molar refractivity (Wildman–Crippen MR) is 185 cm³/mol. The first-order valence-electron chi connectivity index (χ1n) is 16.2. The van der Waals surface area contributed by atoms with Crippen molar-refractivity contribution in [2.75, 3.05) is 20.1 Å². The molecule has 2 saturated heterocycles. The molecule has 238 valence electrons. The fraction of sp³-hybridized carbons (Fsp3) is 0.389. The van der Waals surface area contributed by atoms with Crippen LogP contribution in [0.2, 0.25) is 5.02 Å². The van der Waals surface area contributed by atoms with E-state index in [0.717, 1.165) is 53.3 Å². The number of nitrogens with zero attached hydrogens (tertiary/aromatic N) is 5. The molecule has 3 aromatic heterocycles. The number of aromatic nitrogens is 3. The SMILES string of the molecule is Cc1nc2ccccc2n1C1C[C@H]2CC[C@@H](C1)N2C[C@@H]1C[C@@]1(CN(C)S(=O)(=O)c1ccc(-c2ccccn2)s1)c1cccc(Cl)c1. The van der Waals surface area contributed by atoms with Gasteiger partial charge in [0, 0.05) is 54.9 Å². The molecule has 2 aromatic carbocycles. The number of likely N-dealkylation sites (N-methyl/N-ethyl adjacent to an activating group) is 1. The molecule has 8 rings (SSSR count). The Morgan fingerprint density at radius 3 is 2.52 bits per heavy atom. The Labute approximate surface area is 279 Å². The summed E-state index contributed by atoms with van der Waals surface area (Å²) in [7, 11) is -1.96. The number of fused-ring (bicyclic) bond motifs is 3. The Morgan fingerprint density at radius 2 is 1.76 bits per heavy atom. The van der Waals surface area contributed by atoms with Gasteiger partial charge in [-0.3, -0.25) is 9.88 Å². The van der Waals surface area contributed by atoms with Crippen molar-refractivity contribution in [2.45, 2.75) is 66.8 Å². The molecule has 0 spiro atoms. The topological polar surface area (TPSA) is 71.3 Å². The number of halogens is 1. The highest BCUT2D eigenvalue weighted by Crippen LogP contribution is 2.57. The Kier molecular flexibility index (Phi) is 7.61. The number of aryl methyl sites for hydroxylation is 1. The summed E-state index contributed by atoms with van der Waals surface area (Å²) in [5, 5.41) is 0.690. The molecule has 5 aromatic rings. The van der Waals surface area contributed by atoms with Crippen LogP contribution in [0.1, 0.15) is 49.5 Å². The van der Waals surface area contributed by atoms with E-state index in [1.807, 2.05) is 42.5 Å². The first-order chi connectivity index (χ1) is 22.2. The second-order valence-electron chi connectivity index (χ2n) is 13.4. The number of rotatable bonds is 9. The minimum atomic E-state index is -3.69. The zero-order valence-electron chi connectivity index (χ0n) is 26.1. The molecule has 3 fully saturated rings. The summed E-state index contributed by atoms with van der Waals surface area (Å²) in [5.74, 6) is 1.45. The fourth-order valence-electron chi connectivity index (χ4n) is 8.43. The van der Waals surface area contributed by atoms with Gasteiger partial charge in [-0.1, -0.05) is 41.9 Å². The van der Waals surface area contributed by atoms with E-state index in [4.69, 9.17) is 16.6 Å². The molecular weight excluding hydrogens is 634 g/mol. The number of thiophene rings is 1. The molecule has 2 aliphatic heterocycles. The number of benzene rings is 2. The zero-order chi connectivity index (χ0) is 31.6. The molecule has 1 unspecified atom stereocenters. The fourth-order valence-corrected chi connectivity index (χ4v) is 11.4. The summed E-state index contributed by atoms with van der Waals surface area (Å²) in [6.45, 7) is 3.54. The van der Waals surface area contributed by atoms with Crippen molar-refractivity contribution in [2.24, 2.45) is 5.92 Å². The molecular formula is C36H38ClN5O2S2. The molecule has 0 amide bonds. The normalized spacial score (nSPS) is 26.3. The first-order valence-corrected chi connectivity index (χ1v) is 18.8. The molecule has 5 atom stereocenters. The molecule has 10 heteroatoms. The number of piperidine rings is 1. The van der Waals surface area contributed by atoms with E-state index < -0.39 is 10.0 Å². The standard InChI is InChI=1S/C36H38ClN5O2S2/c1-24-39-31-10-3-4-12-33(31)42(24)30-19-28-13-14-29(20-30)41(28)22-26-21-36(26,25-8-7-9-27(37)18-25)23-40(2)46(43,44)35-16-15-34(45-35)32-11-5-6-17-38-32/h3-12,15-18,26,28-30H,13-14,19-23H2,1-2H3/t26-,28-,29+,30?,36+/m0/s1. The van der Waals surface area contributed by atoms with Crippen molar-refractivity contribution >= 4 is 44.0 Å². The third-order valence-electron chi connectivity index (χ3n) is 10.7. The zero-order valence-corrected chi connectivity index (χ0v) is 28.5. The van der Waals surface area contributed by atoms with Crippen molar-refractivity contribution in [3.63, 3.8) is 0 Å². The second kappa shape index (κ2) is 11.6. The Morgan fingerprint density at radius 1 is 0.978 bits per heavy atom. The van der Waals surface area contributed by atoms with E-state index in [1.165, 1.54) is 29.7 Å². The van der Waals surface area contributed by atoms with Gasteiger partial charge in [-0.25, -0.2) is 13.4 Å². The number of hydrogen-bond donors (Lipinski definition) is 0. The van der Waals surface area contributed by atoms with Crippen molar-refractivity contribution in [3.05, 3.63) is 101 Å². The van der Waals surface area contributed by atoms with Gasteiger partial charge in [-0.15, -0.1) is 11.3 Å². The Hall–Kier alpha value is -3.08. The van der Waals surface area contributed by atoms with Crippen molar-refractivity contribution in [1.82, 2.24) is 23.7 Å². The van der Waals surface area contributed by atoms with Gasteiger partial charge in [0.1, 0.15) is 10.0 Å². The lowest BCUT2D eigenvalue weighted by atomic mass is 9.91. The summed E-state index contributed by atoms with van der Waals surface area (Å²) in [6, 6.07) is 27.3. The largest absolute Gasteiger partial charge is 0.325 e. The van der Waals surface area contributed by atoms with E-state index in [-0.39, 0.29) is 5.41 Å². The number of pyridine rings is 1. The number of sulfonamides is 1. The number of hydrogen-bond acceptors (Lipinski definition) is 6. The van der Waals surface area contributed by atoms with Crippen LogP contribution < -0.4 is 0 Å². The van der Waals surface area contributed by atoms with E-state index in [0.29, 0.717) is 39.8 Å². The van der Waals surface area contributed by atoms with Crippen LogP contribution in [0.3, 0.4) is 0 Å². The molecule has 0 radical (unpaired) electrons. The number of para-hydroxylation sites is 2. The van der Waals surface area contributed by atoms with Crippen molar-refractivity contribution < 1.29 is 8.42 Å². The average Bonchev–Trinajstić information content (AvgIpc) is 3.30. The summed E-state index contributed by atoms with van der Waals surface area (Å²) in [4.78, 5) is 12.9. The van der Waals surface area contributed by atoms with Gasteiger partial charge in [-0.05, 0) is 99.0 Å². The molecule has 3 aliphatic rings. The van der Waals surface area contributed by atoms with Gasteiger partial charge in [0.25, 0.3) is 10.0 Å². The van der Waals surface area contributed by atoms with Crippen LogP contribution in [0.4, 0.5) is 0 Å². The van der Waals surface area contributed by atoms with Crippen molar-refractivity contribution in [1.29, 1.82) is 0 Å². The predicted octanol–water partition coefficient (Wildman–Crippen LogP) is 7.57. The maximum Gasteiger partial charge on any atom is 0.252 e. The van der Waals surface area contributed by atoms with Gasteiger partial charge in [0.2, 0.25) is 0 Å². The maximum absolute atomic E-state index is 13.9. The lowest BCUT2D eigenvalue weighted by Gasteiger charge is -2.40. The van der Waals surface area contributed by atoms with E-state index >= 15 is 0 Å². The minimum absolute atomic E-state index is 0.277. The molecule has 5 heterocycles. The van der Waals surface area contributed by atoms with E-state index in [1.54, 1.807) is 23.6 Å². The molecule has 7 nitrogen and oxygen atoms in total. The third kappa shape index (κ3) is 5.21. The van der Waals surface area contributed by atoms with Crippen LogP contribution in [-0.4, -0.2) is 64.4 Å². The highest BCUT2D eigenvalue weighted by atomic mass is 35.5. The summed E-state index contributed by atoms with van der Waals surface area (Å²) < 4.78 is 32.3. The highest BCUT2D eigenvalue weighted by Gasteiger charge is 2.58. The van der Waals surface area contributed by atoms with Gasteiger partial charge < -0.3 is 4.57 Å². The summed E-state index contributed by atoms with van der Waals surface area (Å²) in [5.41, 5.74) is 3.95. The second-order valence-corrected chi connectivity index (χ2v) is 17.2. The van der Waals surface area contributed by atoms with Crippen LogP contribution in [0.25, 0.3) is 21.6 Å². The summed E-state index contributed by atoms with van der Waals surface area (Å²) in [6.07, 6.45) is 7.36. The third-order valence-corrected chi connectivity index (χ3v) is 14.3. The van der Waals surface area contributed by atoms with Crippen LogP contribution in [-0.2, 0) is 15.4 Å². The van der Waals surface area contributed by atoms with Crippen LogP contribution in [0.5, 0.6) is 0 Å². The van der Waals surface area contributed by atoms with E-state index in [9.17, 15) is 8.42 Å². The molecule has 1 saturated carbocycles. The average molecular weight is 672 g/mol. The lowest BCUT2D eigenvalue weighted by Crippen LogP contribution is -2.45. The molecule has 1 aliphatic carbocycles. The summed E-state index contributed by atoms with van der Waals surface area (Å²) >= 11 is 7.80. The first kappa shape index (κ1) is 30.3. The van der Waals surface area contributed by atoms with Crippen LogP contribution in [0.15, 0.2) is 89.3 Å². The van der Waals surface area contributed by atoms with E-state index in [2.05, 4.69) is 51.7 Å². The smallest absolute Gasteiger partial charge is 0.252 e. The lowest BCUT2D eigenvalue weighted by molar-refractivity contribution is 0.0989. The Balaban J connectivity index is 1.03. The van der Waals surface area contributed by atoms with Crippen LogP contribution in [0, 0.1) is 12.8 Å². The number of imidazole rings is 1. The van der Waals surface area contributed by atoms with Crippen molar-refractivity contribution in [3.8, 4) is 10.6 Å². The van der Waals surface area contributed by atoms with Gasteiger partial charge in [-0.2, -0.15) is 4.31 Å². The minimum Gasteiger partial charge on any atom is -0.325 e. The van der Waals surface area contributed by atoms with Gasteiger partial charge in [0.05, 0.1) is 21.6 Å².